The van der Waals surface area contributed by atoms with Crippen LogP contribution >= 0.6 is 0 Å². The van der Waals surface area contributed by atoms with Crippen LogP contribution in [0.15, 0.2) is 36.4 Å². The summed E-state index contributed by atoms with van der Waals surface area (Å²) in [5.41, 5.74) is 5.37. The molecule has 25 heavy (non-hydrogen) atoms. The third-order valence-corrected chi connectivity index (χ3v) is 4.66. The van der Waals surface area contributed by atoms with Gasteiger partial charge in [0, 0.05) is 10.9 Å². The van der Waals surface area contributed by atoms with Crippen molar-refractivity contribution >= 4 is 10.9 Å². The van der Waals surface area contributed by atoms with E-state index in [1.165, 1.54) is 16.5 Å². The van der Waals surface area contributed by atoms with Crippen LogP contribution in [0.5, 0.6) is 17.2 Å². The van der Waals surface area contributed by atoms with Gasteiger partial charge >= 0.3 is 0 Å². The topological polar surface area (TPSA) is 40.6 Å². The number of pyridine rings is 1. The molecule has 2 heterocycles. The number of rotatable bonds is 3. The highest BCUT2D eigenvalue weighted by Crippen LogP contribution is 2.44. The fourth-order valence-electron chi connectivity index (χ4n) is 3.20. The van der Waals surface area contributed by atoms with Crippen molar-refractivity contribution in [1.29, 1.82) is 0 Å². The van der Waals surface area contributed by atoms with Crippen LogP contribution in [0, 0.1) is 6.92 Å². The third-order valence-electron chi connectivity index (χ3n) is 4.66. The smallest absolute Gasteiger partial charge is 0.231 e. The van der Waals surface area contributed by atoms with Crippen LogP contribution in [0.2, 0.25) is 0 Å². The van der Waals surface area contributed by atoms with E-state index in [-0.39, 0.29) is 6.79 Å². The summed E-state index contributed by atoms with van der Waals surface area (Å²) in [6, 6.07) is 12.6. The minimum absolute atomic E-state index is 0.219. The molecule has 128 valence electrons. The largest absolute Gasteiger partial charge is 0.493 e. The maximum atomic E-state index is 5.54. The average molecular weight is 335 g/mol. The lowest BCUT2D eigenvalue weighted by Crippen LogP contribution is -1.94. The zero-order valence-corrected chi connectivity index (χ0v) is 14.9. The molecule has 0 saturated carbocycles. The molecule has 0 aliphatic carbocycles. The first-order valence-corrected chi connectivity index (χ1v) is 8.46. The van der Waals surface area contributed by atoms with Crippen molar-refractivity contribution in [2.75, 3.05) is 13.9 Å². The lowest BCUT2D eigenvalue weighted by atomic mass is 9.98. The molecule has 0 fully saturated rings. The van der Waals surface area contributed by atoms with Crippen molar-refractivity contribution in [3.63, 3.8) is 0 Å². The van der Waals surface area contributed by atoms with Gasteiger partial charge in [0.1, 0.15) is 0 Å². The van der Waals surface area contributed by atoms with Crippen LogP contribution < -0.4 is 14.2 Å². The number of aromatic nitrogens is 1. The maximum Gasteiger partial charge on any atom is 0.231 e. The fourth-order valence-corrected chi connectivity index (χ4v) is 3.20. The first-order chi connectivity index (χ1) is 12.1. The number of hydrogen-bond donors (Lipinski definition) is 0. The Kier molecular flexibility index (Phi) is 3.75. The molecule has 0 N–H and O–H groups in total. The molecule has 1 aliphatic rings. The molecule has 4 nitrogen and oxygen atoms in total. The molecule has 0 spiro atoms. The number of methoxy groups -OCH3 is 1. The van der Waals surface area contributed by atoms with Gasteiger partial charge in [0.05, 0.1) is 18.3 Å². The number of benzene rings is 2. The Balaban J connectivity index is 1.89. The van der Waals surface area contributed by atoms with Crippen molar-refractivity contribution in [2.24, 2.45) is 0 Å². The van der Waals surface area contributed by atoms with Gasteiger partial charge in [-0.1, -0.05) is 26.0 Å². The predicted molar refractivity (Wildman–Crippen MR) is 98.7 cm³/mol. The number of hydrogen-bond acceptors (Lipinski definition) is 4. The molecule has 0 unspecified atom stereocenters. The highest BCUT2D eigenvalue weighted by Gasteiger charge is 2.21. The lowest BCUT2D eigenvalue weighted by Gasteiger charge is -2.12. The summed E-state index contributed by atoms with van der Waals surface area (Å²) >= 11 is 0. The predicted octanol–water partition coefficient (Wildman–Crippen LogP) is 5.07. The van der Waals surface area contributed by atoms with Gasteiger partial charge in [0.25, 0.3) is 0 Å². The Morgan fingerprint density at radius 3 is 2.68 bits per heavy atom. The summed E-state index contributed by atoms with van der Waals surface area (Å²) < 4.78 is 16.5. The Morgan fingerprint density at radius 1 is 1.08 bits per heavy atom. The van der Waals surface area contributed by atoms with Gasteiger partial charge in [-0.2, -0.15) is 0 Å². The van der Waals surface area contributed by atoms with Crippen LogP contribution in [0.4, 0.5) is 0 Å². The van der Waals surface area contributed by atoms with E-state index in [1.807, 2.05) is 12.1 Å². The van der Waals surface area contributed by atoms with Crippen LogP contribution in [0.3, 0.4) is 0 Å². The fraction of sp³-hybridized carbons (Fsp3) is 0.286. The van der Waals surface area contributed by atoms with Gasteiger partial charge in [-0.25, -0.2) is 4.98 Å². The Labute approximate surface area is 147 Å². The summed E-state index contributed by atoms with van der Waals surface area (Å²) in [5.74, 6) is 2.50. The molecule has 4 rings (SSSR count). The van der Waals surface area contributed by atoms with E-state index in [0.29, 0.717) is 23.2 Å². The molecule has 0 bridgehead atoms. The van der Waals surface area contributed by atoms with E-state index < -0.39 is 0 Å². The first-order valence-electron chi connectivity index (χ1n) is 8.46. The molecule has 2 aromatic carbocycles. The van der Waals surface area contributed by atoms with Crippen LogP contribution in [0.25, 0.3) is 22.2 Å². The van der Waals surface area contributed by atoms with Crippen LogP contribution in [-0.4, -0.2) is 18.9 Å². The molecule has 1 aromatic heterocycles. The molecule has 0 radical (unpaired) electrons. The quantitative estimate of drug-likeness (QED) is 0.670. The van der Waals surface area contributed by atoms with E-state index in [2.05, 4.69) is 45.0 Å². The zero-order chi connectivity index (χ0) is 17.6. The molecule has 0 amide bonds. The van der Waals surface area contributed by atoms with Gasteiger partial charge in [0.15, 0.2) is 11.5 Å². The highest BCUT2D eigenvalue weighted by molar-refractivity contribution is 5.86. The molecular formula is C21H21NO3. The Morgan fingerprint density at radius 2 is 1.92 bits per heavy atom. The second-order valence-corrected chi connectivity index (χ2v) is 6.67. The van der Waals surface area contributed by atoms with E-state index in [0.717, 1.165) is 16.8 Å². The molecule has 4 heteroatoms. The minimum Gasteiger partial charge on any atom is -0.493 e. The summed E-state index contributed by atoms with van der Waals surface area (Å²) in [6.07, 6.45) is 0. The van der Waals surface area contributed by atoms with Crippen molar-refractivity contribution in [2.45, 2.75) is 26.7 Å². The van der Waals surface area contributed by atoms with Gasteiger partial charge in [-0.05, 0) is 48.2 Å². The van der Waals surface area contributed by atoms with Crippen LogP contribution in [-0.2, 0) is 0 Å². The Hall–Kier alpha value is -2.75. The molecule has 0 atom stereocenters. The molecule has 1 aliphatic heterocycles. The number of ether oxygens (including phenoxy) is 3. The minimum atomic E-state index is 0.219. The van der Waals surface area contributed by atoms with Crippen molar-refractivity contribution in [3.05, 3.63) is 47.5 Å². The van der Waals surface area contributed by atoms with E-state index in [9.17, 15) is 0 Å². The zero-order valence-electron chi connectivity index (χ0n) is 14.9. The second kappa shape index (κ2) is 5.96. The number of aryl methyl sites for hydroxylation is 1. The van der Waals surface area contributed by atoms with E-state index >= 15 is 0 Å². The molecule has 0 saturated heterocycles. The van der Waals surface area contributed by atoms with Crippen molar-refractivity contribution in [1.82, 2.24) is 4.98 Å². The summed E-state index contributed by atoms with van der Waals surface area (Å²) in [5, 5.41) is 1.18. The van der Waals surface area contributed by atoms with Gasteiger partial charge < -0.3 is 14.2 Å². The second-order valence-electron chi connectivity index (χ2n) is 6.67. The number of nitrogens with zero attached hydrogens (tertiary/aromatic N) is 1. The van der Waals surface area contributed by atoms with E-state index in [4.69, 9.17) is 19.2 Å². The summed E-state index contributed by atoms with van der Waals surface area (Å²) in [7, 11) is 1.63. The average Bonchev–Trinajstić information content (AvgIpc) is 3.08. The summed E-state index contributed by atoms with van der Waals surface area (Å²) in [4.78, 5) is 4.90. The Bertz CT molecular complexity index is 963. The van der Waals surface area contributed by atoms with Crippen LogP contribution in [0.1, 0.15) is 30.9 Å². The van der Waals surface area contributed by atoms with E-state index in [1.54, 1.807) is 7.11 Å². The van der Waals surface area contributed by atoms with Gasteiger partial charge in [-0.3, -0.25) is 0 Å². The van der Waals surface area contributed by atoms with Crippen molar-refractivity contribution < 1.29 is 14.2 Å². The van der Waals surface area contributed by atoms with Crippen molar-refractivity contribution in [3.8, 4) is 28.5 Å². The first kappa shape index (κ1) is 15.8. The van der Waals surface area contributed by atoms with Gasteiger partial charge in [0.2, 0.25) is 12.5 Å². The maximum absolute atomic E-state index is 5.54. The highest BCUT2D eigenvalue weighted by atomic mass is 16.7. The standard InChI is InChI=1S/C21H21NO3/c1-12(2)14-5-6-16-13(3)7-17(22-18(16)8-14)15-9-19(23-4)21-20(10-15)24-11-25-21/h5-10,12H,11H2,1-4H3. The lowest BCUT2D eigenvalue weighted by molar-refractivity contribution is 0.171. The summed E-state index contributed by atoms with van der Waals surface area (Å²) in [6.45, 7) is 6.73. The normalized spacial score (nSPS) is 12.8. The third kappa shape index (κ3) is 2.68. The van der Waals surface area contributed by atoms with Gasteiger partial charge in [-0.15, -0.1) is 0 Å². The monoisotopic (exact) mass is 335 g/mol. The molecular weight excluding hydrogens is 314 g/mol. The number of fused-ring (bicyclic) bond motifs is 2. The SMILES string of the molecule is COc1cc(-c2cc(C)c3ccc(C(C)C)cc3n2)cc2c1OCO2. The molecule has 3 aromatic rings.